The molecular weight excluding hydrogens is 252 g/mol. The molecule has 1 aromatic heterocycles. The standard InChI is InChI=1S/C15H28N4O/c1-5-19-13(8-12(4)17-19)9-14(16)15-10-18(11(2)3)6-7-20-15/h8,11,14-15H,5-7,9-10,16H2,1-4H3. The van der Waals surface area contributed by atoms with E-state index in [0.29, 0.717) is 6.04 Å². The van der Waals surface area contributed by atoms with Gasteiger partial charge in [0.25, 0.3) is 0 Å². The van der Waals surface area contributed by atoms with Crippen LogP contribution in [0.4, 0.5) is 0 Å². The van der Waals surface area contributed by atoms with E-state index in [1.807, 2.05) is 11.6 Å². The van der Waals surface area contributed by atoms with Gasteiger partial charge in [-0.15, -0.1) is 0 Å². The van der Waals surface area contributed by atoms with Gasteiger partial charge in [-0.1, -0.05) is 0 Å². The van der Waals surface area contributed by atoms with Crippen molar-refractivity contribution in [1.82, 2.24) is 14.7 Å². The molecule has 20 heavy (non-hydrogen) atoms. The van der Waals surface area contributed by atoms with Crippen molar-refractivity contribution in [2.24, 2.45) is 5.73 Å². The van der Waals surface area contributed by atoms with E-state index in [1.165, 1.54) is 5.69 Å². The molecule has 2 atom stereocenters. The van der Waals surface area contributed by atoms with Gasteiger partial charge in [0.15, 0.2) is 0 Å². The van der Waals surface area contributed by atoms with Gasteiger partial charge in [0, 0.05) is 43.8 Å². The zero-order chi connectivity index (χ0) is 14.7. The molecule has 1 aromatic rings. The summed E-state index contributed by atoms with van der Waals surface area (Å²) < 4.78 is 7.92. The van der Waals surface area contributed by atoms with E-state index < -0.39 is 0 Å². The first-order valence-electron chi connectivity index (χ1n) is 7.65. The molecule has 0 bridgehead atoms. The van der Waals surface area contributed by atoms with Gasteiger partial charge < -0.3 is 10.5 Å². The van der Waals surface area contributed by atoms with Crippen molar-refractivity contribution in [2.45, 2.75) is 58.8 Å². The molecule has 1 saturated heterocycles. The number of rotatable bonds is 5. The second kappa shape index (κ2) is 6.70. The van der Waals surface area contributed by atoms with Crippen LogP contribution >= 0.6 is 0 Å². The molecule has 2 rings (SSSR count). The van der Waals surface area contributed by atoms with Crippen molar-refractivity contribution in [1.29, 1.82) is 0 Å². The summed E-state index contributed by atoms with van der Waals surface area (Å²) in [5, 5.41) is 4.48. The Balaban J connectivity index is 1.98. The van der Waals surface area contributed by atoms with E-state index in [9.17, 15) is 0 Å². The number of nitrogens with zero attached hydrogens (tertiary/aromatic N) is 3. The Kier molecular flexibility index (Phi) is 5.18. The molecule has 1 aliphatic rings. The maximum atomic E-state index is 6.38. The average Bonchev–Trinajstić information content (AvgIpc) is 2.78. The zero-order valence-corrected chi connectivity index (χ0v) is 13.2. The second-order valence-corrected chi connectivity index (χ2v) is 5.96. The van der Waals surface area contributed by atoms with Crippen molar-refractivity contribution in [3.8, 4) is 0 Å². The highest BCUT2D eigenvalue weighted by Gasteiger charge is 2.27. The van der Waals surface area contributed by atoms with Gasteiger partial charge in [-0.3, -0.25) is 9.58 Å². The van der Waals surface area contributed by atoms with Crippen LogP contribution in [0.3, 0.4) is 0 Å². The van der Waals surface area contributed by atoms with Crippen LogP contribution in [0, 0.1) is 6.92 Å². The van der Waals surface area contributed by atoms with E-state index in [2.05, 4.69) is 36.8 Å². The van der Waals surface area contributed by atoms with Crippen LogP contribution in [0.2, 0.25) is 0 Å². The number of aryl methyl sites for hydroxylation is 2. The first kappa shape index (κ1) is 15.5. The minimum Gasteiger partial charge on any atom is -0.374 e. The molecule has 114 valence electrons. The molecule has 0 aromatic carbocycles. The third-order valence-corrected chi connectivity index (χ3v) is 4.06. The van der Waals surface area contributed by atoms with E-state index >= 15 is 0 Å². The highest BCUT2D eigenvalue weighted by Crippen LogP contribution is 2.14. The van der Waals surface area contributed by atoms with Crippen molar-refractivity contribution < 1.29 is 4.74 Å². The highest BCUT2D eigenvalue weighted by atomic mass is 16.5. The molecule has 2 N–H and O–H groups in total. The molecule has 0 radical (unpaired) electrons. The quantitative estimate of drug-likeness (QED) is 0.880. The van der Waals surface area contributed by atoms with Crippen LogP contribution in [0.5, 0.6) is 0 Å². The Hall–Kier alpha value is -0.910. The molecule has 5 heteroatoms. The SMILES string of the molecule is CCn1nc(C)cc1CC(N)C1CN(C(C)C)CCO1. The summed E-state index contributed by atoms with van der Waals surface area (Å²) >= 11 is 0. The van der Waals surface area contributed by atoms with E-state index in [1.54, 1.807) is 0 Å². The number of ether oxygens (including phenoxy) is 1. The summed E-state index contributed by atoms with van der Waals surface area (Å²) in [5.41, 5.74) is 8.65. The molecule has 0 aliphatic carbocycles. The summed E-state index contributed by atoms with van der Waals surface area (Å²) in [6.45, 7) is 12.2. The summed E-state index contributed by atoms with van der Waals surface area (Å²) in [5.74, 6) is 0. The Morgan fingerprint density at radius 1 is 1.50 bits per heavy atom. The predicted octanol–water partition coefficient (Wildman–Crippen LogP) is 1.19. The van der Waals surface area contributed by atoms with Gasteiger partial charge in [-0.05, 0) is 33.8 Å². The molecule has 5 nitrogen and oxygen atoms in total. The second-order valence-electron chi connectivity index (χ2n) is 5.96. The summed E-state index contributed by atoms with van der Waals surface area (Å²) in [6.07, 6.45) is 0.942. The topological polar surface area (TPSA) is 56.3 Å². The lowest BCUT2D eigenvalue weighted by atomic mass is 10.0. The van der Waals surface area contributed by atoms with E-state index in [0.717, 1.165) is 38.4 Å². The van der Waals surface area contributed by atoms with Gasteiger partial charge >= 0.3 is 0 Å². The van der Waals surface area contributed by atoms with E-state index in [4.69, 9.17) is 10.5 Å². The Bertz CT molecular complexity index is 430. The Labute approximate surface area is 122 Å². The van der Waals surface area contributed by atoms with Crippen molar-refractivity contribution >= 4 is 0 Å². The molecule has 2 heterocycles. The van der Waals surface area contributed by atoms with Crippen molar-refractivity contribution in [3.63, 3.8) is 0 Å². The first-order chi connectivity index (χ1) is 9.51. The van der Waals surface area contributed by atoms with Gasteiger partial charge in [-0.25, -0.2) is 0 Å². The lowest BCUT2D eigenvalue weighted by molar-refractivity contribution is -0.0497. The van der Waals surface area contributed by atoms with Crippen LogP contribution in [-0.2, 0) is 17.7 Å². The van der Waals surface area contributed by atoms with Crippen molar-refractivity contribution in [2.75, 3.05) is 19.7 Å². The van der Waals surface area contributed by atoms with Crippen LogP contribution in [0.25, 0.3) is 0 Å². The Morgan fingerprint density at radius 2 is 2.25 bits per heavy atom. The van der Waals surface area contributed by atoms with Crippen LogP contribution in [0.15, 0.2) is 6.07 Å². The number of nitrogens with two attached hydrogens (primary N) is 1. The minimum atomic E-state index is 0.0259. The molecule has 0 spiro atoms. The van der Waals surface area contributed by atoms with Gasteiger partial charge in [0.05, 0.1) is 18.4 Å². The summed E-state index contributed by atoms with van der Waals surface area (Å²) in [7, 11) is 0. The zero-order valence-electron chi connectivity index (χ0n) is 13.2. The van der Waals surface area contributed by atoms with Gasteiger partial charge in [0.2, 0.25) is 0 Å². The van der Waals surface area contributed by atoms with Crippen molar-refractivity contribution in [3.05, 3.63) is 17.5 Å². The van der Waals surface area contributed by atoms with Crippen LogP contribution < -0.4 is 5.73 Å². The normalized spacial score (nSPS) is 22.4. The minimum absolute atomic E-state index is 0.0259. The molecule has 1 aliphatic heterocycles. The molecule has 0 amide bonds. The molecule has 0 saturated carbocycles. The average molecular weight is 280 g/mol. The lowest BCUT2D eigenvalue weighted by Gasteiger charge is -2.37. The number of morpholine rings is 1. The predicted molar refractivity (Wildman–Crippen MR) is 80.8 cm³/mol. The summed E-state index contributed by atoms with van der Waals surface area (Å²) in [6, 6.07) is 2.71. The summed E-state index contributed by atoms with van der Waals surface area (Å²) in [4.78, 5) is 2.44. The largest absolute Gasteiger partial charge is 0.374 e. The highest BCUT2D eigenvalue weighted by molar-refractivity contribution is 5.11. The maximum Gasteiger partial charge on any atom is 0.0857 e. The molecule has 1 fully saturated rings. The van der Waals surface area contributed by atoms with E-state index in [-0.39, 0.29) is 12.1 Å². The molecular formula is C15H28N4O. The van der Waals surface area contributed by atoms with Gasteiger partial charge in [0.1, 0.15) is 0 Å². The number of hydrogen-bond acceptors (Lipinski definition) is 4. The van der Waals surface area contributed by atoms with Gasteiger partial charge in [-0.2, -0.15) is 5.10 Å². The number of aromatic nitrogens is 2. The number of hydrogen-bond donors (Lipinski definition) is 1. The first-order valence-corrected chi connectivity index (χ1v) is 7.65. The fourth-order valence-electron chi connectivity index (χ4n) is 2.83. The van der Waals surface area contributed by atoms with Crippen LogP contribution in [-0.4, -0.2) is 52.6 Å². The lowest BCUT2D eigenvalue weighted by Crippen LogP contribution is -2.53. The smallest absolute Gasteiger partial charge is 0.0857 e. The monoisotopic (exact) mass is 280 g/mol. The molecule has 2 unspecified atom stereocenters. The third kappa shape index (κ3) is 3.59. The third-order valence-electron chi connectivity index (χ3n) is 4.06. The van der Waals surface area contributed by atoms with Crippen LogP contribution in [0.1, 0.15) is 32.2 Å². The fourth-order valence-corrected chi connectivity index (χ4v) is 2.83. The Morgan fingerprint density at radius 3 is 2.90 bits per heavy atom. The fraction of sp³-hybridized carbons (Fsp3) is 0.800. The maximum absolute atomic E-state index is 6.38.